The Bertz CT molecular complexity index is 2020. The van der Waals surface area contributed by atoms with Crippen LogP contribution in [0.4, 0.5) is 0 Å². The van der Waals surface area contributed by atoms with Gasteiger partial charge < -0.3 is 132 Å². The van der Waals surface area contributed by atoms with E-state index < -0.39 is 123 Å². The normalized spacial score (nSPS) is 27.1. The molecule has 0 radical (unpaired) electrons. The maximum absolute atomic E-state index is 12.6. The number of nitrogens with one attached hydrogen (secondary N) is 7. The van der Waals surface area contributed by atoms with Gasteiger partial charge in [-0.15, -0.1) is 0 Å². The lowest BCUT2D eigenvalue weighted by atomic mass is 9.92. The van der Waals surface area contributed by atoms with E-state index in [9.17, 15) is 79.5 Å². The van der Waals surface area contributed by atoms with Crippen LogP contribution in [0, 0.1) is 11.8 Å². The molecule has 3 saturated heterocycles. The van der Waals surface area contributed by atoms with Crippen molar-refractivity contribution in [2.75, 3.05) is 119 Å². The van der Waals surface area contributed by atoms with Crippen LogP contribution in [0.1, 0.15) is 117 Å². The van der Waals surface area contributed by atoms with Crippen LogP contribution in [-0.2, 0) is 76.2 Å². The predicted molar refractivity (Wildman–Crippen MR) is 324 cm³/mol. The highest BCUT2D eigenvalue weighted by Gasteiger charge is 2.46. The lowest BCUT2D eigenvalue weighted by Crippen LogP contribution is -2.64. The molecule has 0 bridgehead atoms. The summed E-state index contributed by atoms with van der Waals surface area (Å²) in [5.74, 6) is -2.97. The molecule has 18 N–H and O–H groups in total. The van der Waals surface area contributed by atoms with E-state index in [1.54, 1.807) is 13.8 Å². The van der Waals surface area contributed by atoms with Crippen LogP contribution < -0.4 is 43.0 Å². The number of ether oxygens (including phenoxy) is 9. The number of hydrogen-bond donors (Lipinski definition) is 17. The molecule has 0 aromatic rings. The van der Waals surface area contributed by atoms with Gasteiger partial charge >= 0.3 is 0 Å². The number of aliphatic hydroxyl groups excluding tert-OH is 9. The summed E-state index contributed by atoms with van der Waals surface area (Å²) >= 11 is 0. The van der Waals surface area contributed by atoms with E-state index >= 15 is 0 Å². The van der Waals surface area contributed by atoms with Crippen molar-refractivity contribution < 1.29 is 122 Å². The molecule has 15 atom stereocenters. The summed E-state index contributed by atoms with van der Waals surface area (Å²) < 4.78 is 51.1. The fraction of sp³-hybridized carbons (Fsp3) is 0.881. The molecule has 15 unspecified atom stereocenters. The molecule has 0 aromatic carbocycles. The maximum Gasteiger partial charge on any atom is 0.222 e. The van der Waals surface area contributed by atoms with Crippen molar-refractivity contribution in [3.63, 3.8) is 0 Å². The monoisotopic (exact) mass is 1330 g/mol. The van der Waals surface area contributed by atoms with E-state index in [1.165, 1.54) is 6.92 Å². The summed E-state index contributed by atoms with van der Waals surface area (Å²) in [7, 11) is 0. The number of aliphatic hydroxyl groups is 9. The van der Waals surface area contributed by atoms with Crippen molar-refractivity contribution in [3.05, 3.63) is 0 Å². The average Bonchev–Trinajstić information content (AvgIpc) is 0.985. The van der Waals surface area contributed by atoms with Crippen molar-refractivity contribution in [1.82, 2.24) is 37.2 Å². The molecule has 3 fully saturated rings. The summed E-state index contributed by atoms with van der Waals surface area (Å²) in [4.78, 5) is 86.6. The Balaban J connectivity index is 1.31. The van der Waals surface area contributed by atoms with Gasteiger partial charge in [0.05, 0.1) is 77.2 Å². The molecule has 92 heavy (non-hydrogen) atoms. The Morgan fingerprint density at radius 3 is 0.978 bits per heavy atom. The molecule has 3 rings (SSSR count). The minimum atomic E-state index is -1.43. The van der Waals surface area contributed by atoms with E-state index in [0.29, 0.717) is 90.5 Å². The van der Waals surface area contributed by atoms with Crippen LogP contribution in [0.25, 0.3) is 0 Å². The molecule has 0 saturated carbocycles. The molecular weight excluding hydrogens is 1220 g/mol. The Labute approximate surface area is 537 Å². The first-order valence-corrected chi connectivity index (χ1v) is 32.2. The zero-order chi connectivity index (χ0) is 67.8. The molecule has 0 spiro atoms. The molecular formula is C59H108N8O25. The van der Waals surface area contributed by atoms with Gasteiger partial charge in [-0.3, -0.25) is 33.6 Å². The van der Waals surface area contributed by atoms with E-state index in [-0.39, 0.29) is 140 Å². The topological polar surface area (TPSA) is 495 Å². The van der Waals surface area contributed by atoms with Crippen molar-refractivity contribution >= 4 is 41.4 Å². The SMILES string of the molecule is CC(=O)NC1C(OCCCCC(=O)NCCCNC(=O)CCOCC(N)(COCCC(=O)NCCCNC(=O)CCCCOC2OC(CO)C(O)C(O)C2C)COCCC(=O)NCCCNC(=O)CCCCOC2OC(CO)C(O)C(O)C2C)OC(CO)C(O)C1O. The van der Waals surface area contributed by atoms with Crippen LogP contribution in [-0.4, -0.2) is 291 Å². The van der Waals surface area contributed by atoms with Gasteiger partial charge in [-0.2, -0.15) is 0 Å². The van der Waals surface area contributed by atoms with Gasteiger partial charge in [-0.05, 0) is 57.8 Å². The summed E-state index contributed by atoms with van der Waals surface area (Å²) in [5, 5.41) is 109. The molecule has 3 aliphatic rings. The molecule has 534 valence electrons. The number of hydrogen-bond acceptors (Lipinski definition) is 26. The van der Waals surface area contributed by atoms with E-state index in [0.717, 1.165) is 0 Å². The first-order chi connectivity index (χ1) is 44.0. The van der Waals surface area contributed by atoms with E-state index in [4.69, 9.17) is 48.4 Å². The number of carbonyl (C=O) groups excluding carboxylic acids is 7. The van der Waals surface area contributed by atoms with Crippen LogP contribution in [0.3, 0.4) is 0 Å². The standard InChI is InChI=1S/C59H108N8O25/c1-37-50(78)52(80)40(31-68)90-56(37)87-25-7-4-13-43(72)61-19-10-22-64-46(75)16-28-84-34-59(60,35-85-29-17-47(76)65-23-11-20-62-44(73)14-5-8-26-88-57-38(2)51(79)53(81)41(32-69)91-57)36-86-30-18-48(77)66-24-12-21-63-45(74)15-6-9-27-89-58-49(67-39(3)71)55(83)54(82)42(33-70)92-58/h37-38,40-42,49-58,68-70,78-83H,4-36,60H2,1-3H3,(H,61,72)(H,62,73)(H,63,74)(H,64,75)(H,65,76)(H,66,77)(H,67,71). The Hall–Kier alpha value is -4.47. The molecule has 33 nitrogen and oxygen atoms in total. The van der Waals surface area contributed by atoms with Crippen molar-refractivity contribution in [2.24, 2.45) is 17.6 Å². The van der Waals surface area contributed by atoms with Crippen molar-refractivity contribution in [2.45, 2.75) is 202 Å². The Kier molecular flexibility index (Phi) is 41.4. The van der Waals surface area contributed by atoms with Gasteiger partial charge in [0.15, 0.2) is 18.9 Å². The number of nitrogens with two attached hydrogens (primary N) is 1. The van der Waals surface area contributed by atoms with Gasteiger partial charge in [-0.25, -0.2) is 0 Å². The predicted octanol–water partition coefficient (Wildman–Crippen LogP) is -5.57. The zero-order valence-electron chi connectivity index (χ0n) is 53.6. The number of rotatable bonds is 49. The maximum atomic E-state index is 12.6. The van der Waals surface area contributed by atoms with Crippen LogP contribution in [0.15, 0.2) is 0 Å². The summed E-state index contributed by atoms with van der Waals surface area (Å²) in [6.07, 6.45) is -8.28. The highest BCUT2D eigenvalue weighted by molar-refractivity contribution is 5.78. The van der Waals surface area contributed by atoms with Crippen LogP contribution in [0.5, 0.6) is 0 Å². The fourth-order valence-corrected chi connectivity index (χ4v) is 9.80. The number of carbonyl (C=O) groups is 7. The van der Waals surface area contributed by atoms with Crippen molar-refractivity contribution in [1.29, 1.82) is 0 Å². The molecule has 3 heterocycles. The molecule has 0 aliphatic carbocycles. The summed E-state index contributed by atoms with van der Waals surface area (Å²) in [6, 6.07) is -1.07. The molecule has 33 heteroatoms. The van der Waals surface area contributed by atoms with E-state index in [1.807, 2.05) is 0 Å². The first-order valence-electron chi connectivity index (χ1n) is 32.2. The number of amides is 7. The minimum Gasteiger partial charge on any atom is -0.394 e. The van der Waals surface area contributed by atoms with Gasteiger partial charge in [0.25, 0.3) is 0 Å². The summed E-state index contributed by atoms with van der Waals surface area (Å²) in [5.41, 5.74) is 5.42. The fourth-order valence-electron chi connectivity index (χ4n) is 9.80. The number of unbranched alkanes of at least 4 members (excludes halogenated alkanes) is 3. The lowest BCUT2D eigenvalue weighted by Gasteiger charge is -2.42. The van der Waals surface area contributed by atoms with E-state index in [2.05, 4.69) is 37.2 Å². The summed E-state index contributed by atoms with van der Waals surface area (Å²) in [6.45, 7) is 5.11. The van der Waals surface area contributed by atoms with Crippen LogP contribution in [0.2, 0.25) is 0 Å². The first kappa shape index (κ1) is 81.8. The second kappa shape index (κ2) is 46.6. The van der Waals surface area contributed by atoms with Gasteiger partial charge in [0.2, 0.25) is 41.4 Å². The van der Waals surface area contributed by atoms with Gasteiger partial charge in [0, 0.05) is 116 Å². The smallest absolute Gasteiger partial charge is 0.222 e. The quantitative estimate of drug-likeness (QED) is 0.0253. The highest BCUT2D eigenvalue weighted by Crippen LogP contribution is 2.29. The van der Waals surface area contributed by atoms with Crippen molar-refractivity contribution in [3.8, 4) is 0 Å². The minimum absolute atomic E-state index is 0.00608. The second-order valence-corrected chi connectivity index (χ2v) is 23.5. The zero-order valence-corrected chi connectivity index (χ0v) is 53.6. The van der Waals surface area contributed by atoms with Gasteiger partial charge in [-0.1, -0.05) is 13.8 Å². The van der Waals surface area contributed by atoms with Crippen LogP contribution >= 0.6 is 0 Å². The molecule has 0 aromatic heterocycles. The van der Waals surface area contributed by atoms with Gasteiger partial charge in [0.1, 0.15) is 48.8 Å². The largest absolute Gasteiger partial charge is 0.394 e. The third-order valence-corrected chi connectivity index (χ3v) is 15.4. The Morgan fingerprint density at radius 1 is 0.391 bits per heavy atom. The second-order valence-electron chi connectivity index (χ2n) is 23.5. The molecule has 7 amide bonds. The highest BCUT2D eigenvalue weighted by atomic mass is 16.7. The third-order valence-electron chi connectivity index (χ3n) is 15.4. The molecule has 3 aliphatic heterocycles. The average molecular weight is 1330 g/mol. The lowest BCUT2D eigenvalue weighted by molar-refractivity contribution is -0.282. The Morgan fingerprint density at radius 2 is 0.674 bits per heavy atom. The third kappa shape index (κ3) is 32.3.